The molecule has 0 atom stereocenters. The lowest BCUT2D eigenvalue weighted by molar-refractivity contribution is 0.0735. The van der Waals surface area contributed by atoms with Gasteiger partial charge in [-0.3, -0.25) is 4.79 Å². The van der Waals surface area contributed by atoms with E-state index in [0.29, 0.717) is 19.0 Å². The molecule has 0 fully saturated rings. The van der Waals surface area contributed by atoms with Crippen LogP contribution in [0.25, 0.3) is 11.1 Å². The van der Waals surface area contributed by atoms with Crippen LogP contribution in [0.4, 0.5) is 0 Å². The third kappa shape index (κ3) is 3.53. The number of phenols is 1. The topological polar surface area (TPSA) is 40.5 Å². The van der Waals surface area contributed by atoms with Crippen LogP contribution in [0.3, 0.4) is 0 Å². The van der Waals surface area contributed by atoms with Gasteiger partial charge in [-0.1, -0.05) is 56.3 Å². The number of nitrogens with zero attached hydrogens (tertiary/aromatic N) is 1. The molecular formula is C25H25NO2. The Labute approximate surface area is 166 Å². The first-order valence-electron chi connectivity index (χ1n) is 9.82. The molecule has 3 heteroatoms. The van der Waals surface area contributed by atoms with Crippen LogP contribution >= 0.6 is 0 Å². The Morgan fingerprint density at radius 1 is 0.964 bits per heavy atom. The molecule has 3 aromatic rings. The van der Waals surface area contributed by atoms with Gasteiger partial charge in [0.15, 0.2) is 0 Å². The van der Waals surface area contributed by atoms with Gasteiger partial charge in [-0.25, -0.2) is 0 Å². The van der Waals surface area contributed by atoms with Crippen LogP contribution in [0.5, 0.6) is 5.75 Å². The second kappa shape index (κ2) is 7.51. The number of rotatable bonds is 3. The van der Waals surface area contributed by atoms with E-state index in [1.54, 1.807) is 12.1 Å². The van der Waals surface area contributed by atoms with E-state index in [1.807, 2.05) is 35.2 Å². The maximum Gasteiger partial charge on any atom is 0.254 e. The number of carbonyl (C=O) groups is 1. The third-order valence-corrected chi connectivity index (χ3v) is 5.56. The molecule has 142 valence electrons. The summed E-state index contributed by atoms with van der Waals surface area (Å²) >= 11 is 0. The molecule has 3 nitrogen and oxygen atoms in total. The lowest BCUT2D eigenvalue weighted by Gasteiger charge is -2.30. The lowest BCUT2D eigenvalue weighted by Crippen LogP contribution is -2.36. The normalized spacial score (nSPS) is 13.5. The standard InChI is InChI=1S/C25H25NO2/c1-17(2)18-6-8-20(9-7-18)25(28)26-15-14-24-21(16-26)4-3-5-23(24)19-10-12-22(27)13-11-19/h3-13,17,27H,14-16H2,1-2H3. The van der Waals surface area contributed by atoms with Crippen molar-refractivity contribution in [2.75, 3.05) is 6.54 Å². The summed E-state index contributed by atoms with van der Waals surface area (Å²) in [6.07, 6.45) is 0.836. The fourth-order valence-electron chi connectivity index (χ4n) is 3.89. The van der Waals surface area contributed by atoms with Crippen molar-refractivity contribution in [3.05, 3.63) is 89.0 Å². The highest BCUT2D eigenvalue weighted by Gasteiger charge is 2.23. The third-order valence-electron chi connectivity index (χ3n) is 5.56. The molecule has 0 spiro atoms. The molecule has 1 aliphatic rings. The predicted octanol–water partition coefficient (Wildman–Crippen LogP) is 5.38. The zero-order chi connectivity index (χ0) is 19.7. The van der Waals surface area contributed by atoms with E-state index in [1.165, 1.54) is 22.3 Å². The second-order valence-corrected chi connectivity index (χ2v) is 7.74. The Balaban J connectivity index is 1.57. The van der Waals surface area contributed by atoms with Gasteiger partial charge in [-0.2, -0.15) is 0 Å². The van der Waals surface area contributed by atoms with E-state index < -0.39 is 0 Å². The van der Waals surface area contributed by atoms with Crippen LogP contribution in [0.2, 0.25) is 0 Å². The largest absolute Gasteiger partial charge is 0.508 e. The van der Waals surface area contributed by atoms with Crippen LogP contribution in [0.1, 0.15) is 46.8 Å². The van der Waals surface area contributed by atoms with Crippen molar-refractivity contribution in [3.8, 4) is 16.9 Å². The molecular weight excluding hydrogens is 346 g/mol. The Kier molecular flexibility index (Phi) is 4.91. The molecule has 28 heavy (non-hydrogen) atoms. The number of hydrogen-bond acceptors (Lipinski definition) is 2. The van der Waals surface area contributed by atoms with Crippen LogP contribution in [0, 0.1) is 0 Å². The van der Waals surface area contributed by atoms with Crippen LogP contribution in [0.15, 0.2) is 66.7 Å². The molecule has 3 aromatic carbocycles. The average Bonchev–Trinajstić information content (AvgIpc) is 2.73. The van der Waals surface area contributed by atoms with Gasteiger partial charge in [0.2, 0.25) is 0 Å². The maximum absolute atomic E-state index is 13.0. The van der Waals surface area contributed by atoms with Gasteiger partial charge in [0, 0.05) is 18.7 Å². The summed E-state index contributed by atoms with van der Waals surface area (Å²) in [5.41, 5.74) is 6.78. The van der Waals surface area contributed by atoms with Crippen molar-refractivity contribution >= 4 is 5.91 Å². The highest BCUT2D eigenvalue weighted by atomic mass is 16.3. The van der Waals surface area contributed by atoms with Crippen LogP contribution < -0.4 is 0 Å². The summed E-state index contributed by atoms with van der Waals surface area (Å²) in [4.78, 5) is 14.9. The van der Waals surface area contributed by atoms with E-state index in [-0.39, 0.29) is 11.7 Å². The number of hydrogen-bond donors (Lipinski definition) is 1. The van der Waals surface area contributed by atoms with E-state index in [0.717, 1.165) is 17.5 Å². The molecule has 0 aromatic heterocycles. The van der Waals surface area contributed by atoms with E-state index in [4.69, 9.17) is 0 Å². The maximum atomic E-state index is 13.0. The number of aromatic hydroxyl groups is 1. The molecule has 1 aliphatic heterocycles. The van der Waals surface area contributed by atoms with Gasteiger partial charge in [-0.15, -0.1) is 0 Å². The minimum atomic E-state index is 0.0935. The number of benzene rings is 3. The number of phenolic OH excluding ortho intramolecular Hbond substituents is 1. The molecule has 1 amide bonds. The summed E-state index contributed by atoms with van der Waals surface area (Å²) in [5, 5.41) is 9.55. The molecule has 0 unspecified atom stereocenters. The highest BCUT2D eigenvalue weighted by Crippen LogP contribution is 2.31. The van der Waals surface area contributed by atoms with Crippen molar-refractivity contribution < 1.29 is 9.90 Å². The molecule has 1 N–H and O–H groups in total. The summed E-state index contributed by atoms with van der Waals surface area (Å²) in [6.45, 7) is 5.66. The van der Waals surface area contributed by atoms with Gasteiger partial charge in [0.1, 0.15) is 5.75 Å². The van der Waals surface area contributed by atoms with Gasteiger partial charge in [0.25, 0.3) is 5.91 Å². The van der Waals surface area contributed by atoms with Gasteiger partial charge in [0.05, 0.1) is 0 Å². The zero-order valence-corrected chi connectivity index (χ0v) is 16.4. The molecule has 0 saturated heterocycles. The van der Waals surface area contributed by atoms with Crippen molar-refractivity contribution in [2.45, 2.75) is 32.7 Å². The van der Waals surface area contributed by atoms with E-state index >= 15 is 0 Å². The van der Waals surface area contributed by atoms with Gasteiger partial charge in [-0.05, 0) is 64.4 Å². The smallest absolute Gasteiger partial charge is 0.254 e. The first kappa shape index (κ1) is 18.3. The number of carbonyl (C=O) groups excluding carboxylic acids is 1. The SMILES string of the molecule is CC(C)c1ccc(C(=O)N2CCc3c(cccc3-c3ccc(O)cc3)C2)cc1. The Bertz CT molecular complexity index is 988. The minimum Gasteiger partial charge on any atom is -0.508 e. The Hall–Kier alpha value is -3.07. The van der Waals surface area contributed by atoms with Gasteiger partial charge < -0.3 is 10.0 Å². The van der Waals surface area contributed by atoms with E-state index in [9.17, 15) is 9.90 Å². The molecule has 4 rings (SSSR count). The first-order chi connectivity index (χ1) is 13.5. The molecule has 1 heterocycles. The molecule has 0 aliphatic carbocycles. The predicted molar refractivity (Wildman–Crippen MR) is 113 cm³/mol. The zero-order valence-electron chi connectivity index (χ0n) is 16.4. The summed E-state index contributed by atoms with van der Waals surface area (Å²) in [5.74, 6) is 0.828. The lowest BCUT2D eigenvalue weighted by atomic mass is 9.90. The average molecular weight is 371 g/mol. The number of fused-ring (bicyclic) bond motifs is 1. The van der Waals surface area contributed by atoms with Crippen molar-refractivity contribution in [2.24, 2.45) is 0 Å². The number of amides is 1. The fraction of sp³-hybridized carbons (Fsp3) is 0.240. The Morgan fingerprint density at radius 2 is 1.68 bits per heavy atom. The molecule has 0 radical (unpaired) electrons. The van der Waals surface area contributed by atoms with E-state index in [2.05, 4.69) is 38.1 Å². The molecule has 0 bridgehead atoms. The minimum absolute atomic E-state index is 0.0935. The van der Waals surface area contributed by atoms with Crippen molar-refractivity contribution in [3.63, 3.8) is 0 Å². The monoisotopic (exact) mass is 371 g/mol. The first-order valence-corrected chi connectivity index (χ1v) is 9.82. The Morgan fingerprint density at radius 3 is 2.36 bits per heavy atom. The van der Waals surface area contributed by atoms with Crippen molar-refractivity contribution in [1.29, 1.82) is 0 Å². The van der Waals surface area contributed by atoms with Crippen molar-refractivity contribution in [1.82, 2.24) is 4.90 Å². The molecule has 0 saturated carbocycles. The quantitative estimate of drug-likeness (QED) is 0.671. The summed E-state index contributed by atoms with van der Waals surface area (Å²) in [7, 11) is 0. The second-order valence-electron chi connectivity index (χ2n) is 7.74. The van der Waals surface area contributed by atoms with Crippen LogP contribution in [-0.4, -0.2) is 22.5 Å². The summed E-state index contributed by atoms with van der Waals surface area (Å²) < 4.78 is 0. The highest BCUT2D eigenvalue weighted by molar-refractivity contribution is 5.94. The summed E-state index contributed by atoms with van der Waals surface area (Å²) in [6, 6.07) is 21.6. The van der Waals surface area contributed by atoms with Gasteiger partial charge >= 0.3 is 0 Å². The van der Waals surface area contributed by atoms with Crippen LogP contribution in [-0.2, 0) is 13.0 Å². The fourth-order valence-corrected chi connectivity index (χ4v) is 3.89.